The highest BCUT2D eigenvalue weighted by Gasteiger charge is 2.58. The molecule has 0 amide bonds. The Morgan fingerprint density at radius 2 is 1.56 bits per heavy atom. The van der Waals surface area contributed by atoms with Gasteiger partial charge in [0.15, 0.2) is 0 Å². The second-order valence-electron chi connectivity index (χ2n) is 8.80. The number of ether oxygens (including phenoxy) is 3. The Labute approximate surface area is 210 Å². The maximum atomic E-state index is 13.1. The first-order valence-corrected chi connectivity index (χ1v) is 11.8. The van der Waals surface area contributed by atoms with Gasteiger partial charge in [-0.1, -0.05) is 78.9 Å². The van der Waals surface area contributed by atoms with Crippen molar-refractivity contribution in [3.8, 4) is 11.1 Å². The number of fused-ring (bicyclic) bond motifs is 2. The lowest BCUT2D eigenvalue weighted by Gasteiger charge is -2.36. The fourth-order valence-corrected chi connectivity index (χ4v) is 5.03. The molecule has 0 aromatic heterocycles. The smallest absolute Gasteiger partial charge is 0.337 e. The van der Waals surface area contributed by atoms with Gasteiger partial charge in [-0.25, -0.2) is 9.59 Å². The Hall–Kier alpha value is -4.16. The highest BCUT2D eigenvalue weighted by atomic mass is 16.6. The molecule has 0 fully saturated rings. The summed E-state index contributed by atoms with van der Waals surface area (Å²) >= 11 is 0. The van der Waals surface area contributed by atoms with Gasteiger partial charge in [-0.3, -0.25) is 0 Å². The average molecular weight is 482 g/mol. The molecule has 2 heterocycles. The SMILES string of the molecule is COC(=O)C1=C(C(=O)OC)C2(C(Cc3cccc(-c4ccccc4)c3)Nc3ccccc3)C=CC1O2. The van der Waals surface area contributed by atoms with Crippen LogP contribution in [0.15, 0.2) is 108 Å². The summed E-state index contributed by atoms with van der Waals surface area (Å²) in [6.45, 7) is 0. The normalized spacial score (nSPS) is 20.8. The molecule has 6 nitrogen and oxygen atoms in total. The van der Waals surface area contributed by atoms with Crippen LogP contribution < -0.4 is 5.32 Å². The van der Waals surface area contributed by atoms with E-state index in [0.717, 1.165) is 22.4 Å². The quantitative estimate of drug-likeness (QED) is 0.371. The Bertz CT molecular complexity index is 1330. The van der Waals surface area contributed by atoms with Crippen molar-refractivity contribution in [2.45, 2.75) is 24.2 Å². The van der Waals surface area contributed by atoms with Crippen molar-refractivity contribution in [1.82, 2.24) is 0 Å². The van der Waals surface area contributed by atoms with Gasteiger partial charge in [-0.15, -0.1) is 0 Å². The molecule has 0 saturated heterocycles. The summed E-state index contributed by atoms with van der Waals surface area (Å²) in [5, 5.41) is 3.56. The second kappa shape index (κ2) is 9.84. The number of hydrogen-bond acceptors (Lipinski definition) is 6. The molecule has 2 aliphatic rings. The molecular weight excluding hydrogens is 454 g/mol. The molecule has 0 spiro atoms. The zero-order chi connectivity index (χ0) is 25.1. The van der Waals surface area contributed by atoms with Crippen LogP contribution in [-0.4, -0.2) is 43.9 Å². The molecule has 1 N–H and O–H groups in total. The first-order valence-electron chi connectivity index (χ1n) is 11.8. The maximum absolute atomic E-state index is 13.1. The predicted molar refractivity (Wildman–Crippen MR) is 137 cm³/mol. The molecule has 182 valence electrons. The van der Waals surface area contributed by atoms with Crippen molar-refractivity contribution in [1.29, 1.82) is 0 Å². The molecule has 3 aromatic rings. The van der Waals surface area contributed by atoms with Crippen LogP contribution in [0.1, 0.15) is 5.56 Å². The van der Waals surface area contributed by atoms with Crippen molar-refractivity contribution >= 4 is 17.6 Å². The lowest BCUT2D eigenvalue weighted by atomic mass is 9.79. The van der Waals surface area contributed by atoms with Gasteiger partial charge in [-0.2, -0.15) is 0 Å². The van der Waals surface area contributed by atoms with Gasteiger partial charge in [0.05, 0.1) is 31.4 Å². The van der Waals surface area contributed by atoms with Crippen LogP contribution in [0.3, 0.4) is 0 Å². The van der Waals surface area contributed by atoms with Crippen LogP contribution in [0.4, 0.5) is 5.69 Å². The third kappa shape index (κ3) is 4.20. The largest absolute Gasteiger partial charge is 0.466 e. The van der Waals surface area contributed by atoms with Gasteiger partial charge >= 0.3 is 11.9 Å². The van der Waals surface area contributed by atoms with Crippen molar-refractivity contribution < 1.29 is 23.8 Å². The number of benzene rings is 3. The number of carbonyl (C=O) groups excluding carboxylic acids is 2. The molecule has 2 bridgehead atoms. The van der Waals surface area contributed by atoms with Crippen LogP contribution in [0, 0.1) is 0 Å². The molecule has 3 unspecified atom stereocenters. The number of para-hydroxylation sites is 1. The van der Waals surface area contributed by atoms with Crippen LogP contribution in [0.2, 0.25) is 0 Å². The topological polar surface area (TPSA) is 73.9 Å². The number of rotatable bonds is 8. The monoisotopic (exact) mass is 481 g/mol. The van der Waals surface area contributed by atoms with Gasteiger partial charge in [-0.05, 0) is 41.3 Å². The summed E-state index contributed by atoms with van der Waals surface area (Å²) in [5.41, 5.74) is 3.28. The van der Waals surface area contributed by atoms with E-state index in [-0.39, 0.29) is 11.1 Å². The summed E-state index contributed by atoms with van der Waals surface area (Å²) in [6.07, 6.45) is 3.50. The molecule has 0 saturated carbocycles. The van der Waals surface area contributed by atoms with E-state index in [1.165, 1.54) is 14.2 Å². The minimum absolute atomic E-state index is 0.178. The summed E-state index contributed by atoms with van der Waals surface area (Å²) in [4.78, 5) is 25.8. The van der Waals surface area contributed by atoms with Crippen LogP contribution in [0.5, 0.6) is 0 Å². The third-order valence-corrected chi connectivity index (χ3v) is 6.69. The van der Waals surface area contributed by atoms with Crippen molar-refractivity contribution in [3.05, 3.63) is 114 Å². The van der Waals surface area contributed by atoms with Gasteiger partial charge in [0.1, 0.15) is 11.7 Å². The number of nitrogens with one attached hydrogen (secondary N) is 1. The van der Waals surface area contributed by atoms with Gasteiger partial charge in [0.25, 0.3) is 0 Å². The summed E-state index contributed by atoms with van der Waals surface area (Å²) in [7, 11) is 2.60. The lowest BCUT2D eigenvalue weighted by molar-refractivity contribution is -0.139. The molecule has 6 heteroatoms. The second-order valence-corrected chi connectivity index (χ2v) is 8.80. The van der Waals surface area contributed by atoms with Crippen molar-refractivity contribution in [3.63, 3.8) is 0 Å². The van der Waals surface area contributed by atoms with Crippen LogP contribution in [-0.2, 0) is 30.2 Å². The van der Waals surface area contributed by atoms with Crippen LogP contribution in [0.25, 0.3) is 11.1 Å². The van der Waals surface area contributed by atoms with E-state index in [4.69, 9.17) is 14.2 Å². The molecule has 3 atom stereocenters. The Morgan fingerprint density at radius 3 is 2.25 bits per heavy atom. The van der Waals surface area contributed by atoms with Crippen LogP contribution >= 0.6 is 0 Å². The fraction of sp³-hybridized carbons (Fsp3) is 0.200. The molecule has 0 radical (unpaired) electrons. The number of carbonyl (C=O) groups is 2. The highest BCUT2D eigenvalue weighted by Crippen LogP contribution is 2.47. The molecule has 5 rings (SSSR count). The van der Waals surface area contributed by atoms with E-state index < -0.39 is 29.7 Å². The van der Waals surface area contributed by atoms with Gasteiger partial charge in [0.2, 0.25) is 0 Å². The minimum Gasteiger partial charge on any atom is -0.466 e. The maximum Gasteiger partial charge on any atom is 0.337 e. The van der Waals surface area contributed by atoms with Crippen molar-refractivity contribution in [2.24, 2.45) is 0 Å². The third-order valence-electron chi connectivity index (χ3n) is 6.69. The first kappa shape index (κ1) is 23.6. The van der Waals surface area contributed by atoms with Crippen molar-refractivity contribution in [2.75, 3.05) is 19.5 Å². The van der Waals surface area contributed by atoms with Gasteiger partial charge < -0.3 is 19.5 Å². The lowest BCUT2D eigenvalue weighted by Crippen LogP contribution is -2.49. The predicted octanol–water partition coefficient (Wildman–Crippen LogP) is 4.73. The zero-order valence-corrected chi connectivity index (χ0v) is 20.1. The number of anilines is 1. The summed E-state index contributed by atoms with van der Waals surface area (Å²) in [5.74, 6) is -1.21. The first-order chi connectivity index (χ1) is 17.6. The average Bonchev–Trinajstić information content (AvgIpc) is 3.51. The van der Waals surface area contributed by atoms with Gasteiger partial charge in [0, 0.05) is 5.69 Å². The van der Waals surface area contributed by atoms with E-state index >= 15 is 0 Å². The Kier molecular flexibility index (Phi) is 6.44. The Morgan fingerprint density at radius 1 is 0.889 bits per heavy atom. The molecular formula is C30H27NO5. The van der Waals surface area contributed by atoms with E-state index in [9.17, 15) is 9.59 Å². The fourth-order valence-electron chi connectivity index (χ4n) is 5.03. The summed E-state index contributed by atoms with van der Waals surface area (Å²) < 4.78 is 16.5. The molecule has 0 aliphatic carbocycles. The van der Waals surface area contributed by atoms with E-state index in [0.29, 0.717) is 6.42 Å². The highest BCUT2D eigenvalue weighted by molar-refractivity contribution is 6.05. The van der Waals surface area contributed by atoms with E-state index in [1.807, 2.05) is 60.7 Å². The Balaban J connectivity index is 1.59. The van der Waals surface area contributed by atoms with E-state index in [1.54, 1.807) is 6.08 Å². The number of esters is 2. The van der Waals surface area contributed by atoms with E-state index in [2.05, 4.69) is 35.6 Å². The number of hydrogen-bond donors (Lipinski definition) is 1. The minimum atomic E-state index is -1.21. The molecule has 2 aliphatic heterocycles. The standard InChI is InChI=1S/C30H27NO5/c1-34-28(32)26-24-16-17-30(36-24,27(26)29(33)35-2)25(31-23-14-7-4-8-15-23)19-20-10-9-13-22(18-20)21-11-5-3-6-12-21/h3-18,24-25,31H,19H2,1-2H3. The summed E-state index contributed by atoms with van der Waals surface area (Å²) in [6, 6.07) is 27.7. The molecule has 3 aromatic carbocycles. The molecule has 36 heavy (non-hydrogen) atoms. The number of methoxy groups -OCH3 is 2. The zero-order valence-electron chi connectivity index (χ0n) is 20.1.